The van der Waals surface area contributed by atoms with Gasteiger partial charge in [-0.05, 0) is 17.7 Å². The van der Waals surface area contributed by atoms with Crippen molar-refractivity contribution in [3.63, 3.8) is 0 Å². The van der Waals surface area contributed by atoms with Crippen LogP contribution in [0.2, 0.25) is 0 Å². The van der Waals surface area contributed by atoms with Crippen LogP contribution in [-0.4, -0.2) is 36.2 Å². The van der Waals surface area contributed by atoms with E-state index < -0.39 is 12.3 Å². The van der Waals surface area contributed by atoms with Crippen molar-refractivity contribution in [2.75, 3.05) is 14.1 Å². The second-order valence-corrected chi connectivity index (χ2v) is 3.77. The van der Waals surface area contributed by atoms with Gasteiger partial charge in [-0.1, -0.05) is 12.1 Å². The second-order valence-electron chi connectivity index (χ2n) is 3.77. The van der Waals surface area contributed by atoms with E-state index in [4.69, 9.17) is 5.11 Å². The highest BCUT2D eigenvalue weighted by Gasteiger charge is 2.39. The molecular formula is C11H12F3NO2. The molecule has 0 unspecified atom stereocenters. The van der Waals surface area contributed by atoms with Crippen molar-refractivity contribution in [2.24, 2.45) is 0 Å². The summed E-state index contributed by atoms with van der Waals surface area (Å²) in [5, 5.41) is 8.98. The quantitative estimate of drug-likeness (QED) is 0.868. The van der Waals surface area contributed by atoms with Crippen LogP contribution in [-0.2, 0) is 0 Å². The van der Waals surface area contributed by atoms with Crippen molar-refractivity contribution >= 4 is 5.91 Å². The molecule has 1 rings (SSSR count). The normalized spacial score (nSPS) is 13.3. The van der Waals surface area contributed by atoms with E-state index in [9.17, 15) is 18.0 Å². The predicted octanol–water partition coefficient (Wildman–Crippen LogP) is 1.98. The summed E-state index contributed by atoms with van der Waals surface area (Å²) in [6.45, 7) is 0. The maximum atomic E-state index is 12.2. The molecular weight excluding hydrogens is 235 g/mol. The van der Waals surface area contributed by atoms with Crippen LogP contribution in [0.4, 0.5) is 13.2 Å². The first-order valence-corrected chi connectivity index (χ1v) is 4.80. The smallest absolute Gasteiger partial charge is 0.379 e. The van der Waals surface area contributed by atoms with E-state index in [0.29, 0.717) is 0 Å². The summed E-state index contributed by atoms with van der Waals surface area (Å²) in [4.78, 5) is 12.8. The van der Waals surface area contributed by atoms with Crippen LogP contribution in [0.3, 0.4) is 0 Å². The Balaban J connectivity index is 2.93. The number of alkyl halides is 3. The largest absolute Gasteiger partial charge is 0.418 e. The highest BCUT2D eigenvalue weighted by atomic mass is 19.4. The average molecular weight is 247 g/mol. The lowest BCUT2D eigenvalue weighted by molar-refractivity contribution is -0.206. The molecule has 0 bridgehead atoms. The Labute approximate surface area is 96.5 Å². The summed E-state index contributed by atoms with van der Waals surface area (Å²) in [7, 11) is 3.08. The summed E-state index contributed by atoms with van der Waals surface area (Å²) in [6, 6.07) is 4.70. The number of amides is 1. The van der Waals surface area contributed by atoms with Gasteiger partial charge in [0, 0.05) is 19.7 Å². The van der Waals surface area contributed by atoms with Gasteiger partial charge in [-0.2, -0.15) is 13.2 Å². The number of hydrogen-bond donors (Lipinski definition) is 1. The van der Waals surface area contributed by atoms with Crippen molar-refractivity contribution in [3.8, 4) is 0 Å². The molecule has 0 saturated heterocycles. The second kappa shape index (κ2) is 4.75. The SMILES string of the molecule is CN(C)C(=O)c1ccc([C@H](O)C(F)(F)F)cc1. The molecule has 94 valence electrons. The standard InChI is InChI=1S/C11H12F3NO2/c1-15(2)10(17)8-5-3-7(4-6-8)9(16)11(12,13)14/h3-6,9,16H,1-2H3/t9-/m0/s1. The van der Waals surface area contributed by atoms with E-state index >= 15 is 0 Å². The average Bonchev–Trinajstić information content (AvgIpc) is 2.26. The van der Waals surface area contributed by atoms with Gasteiger partial charge in [0.25, 0.3) is 5.91 Å². The van der Waals surface area contributed by atoms with Gasteiger partial charge in [0.05, 0.1) is 0 Å². The zero-order valence-corrected chi connectivity index (χ0v) is 9.32. The fourth-order valence-corrected chi connectivity index (χ4v) is 1.26. The first-order chi connectivity index (χ1) is 7.73. The number of benzene rings is 1. The van der Waals surface area contributed by atoms with Crippen LogP contribution in [0.5, 0.6) is 0 Å². The summed E-state index contributed by atoms with van der Waals surface area (Å²) in [5.74, 6) is -0.307. The third-order valence-corrected chi connectivity index (χ3v) is 2.19. The Kier molecular flexibility index (Phi) is 3.77. The lowest BCUT2D eigenvalue weighted by Gasteiger charge is -2.15. The lowest BCUT2D eigenvalue weighted by Crippen LogP contribution is -2.22. The van der Waals surface area contributed by atoms with E-state index in [-0.39, 0.29) is 17.0 Å². The van der Waals surface area contributed by atoms with Gasteiger partial charge in [0.15, 0.2) is 6.10 Å². The van der Waals surface area contributed by atoms with Crippen LogP contribution in [0.15, 0.2) is 24.3 Å². The molecule has 17 heavy (non-hydrogen) atoms. The minimum absolute atomic E-state index is 0.271. The molecule has 0 aliphatic rings. The topological polar surface area (TPSA) is 40.5 Å². The van der Waals surface area contributed by atoms with Gasteiger partial charge in [-0.3, -0.25) is 4.79 Å². The first-order valence-electron chi connectivity index (χ1n) is 4.80. The molecule has 3 nitrogen and oxygen atoms in total. The van der Waals surface area contributed by atoms with E-state index in [1.54, 1.807) is 14.1 Å². The van der Waals surface area contributed by atoms with Gasteiger partial charge in [-0.15, -0.1) is 0 Å². The van der Waals surface area contributed by atoms with Gasteiger partial charge in [-0.25, -0.2) is 0 Å². The fraction of sp³-hybridized carbons (Fsp3) is 0.364. The van der Waals surface area contributed by atoms with Crippen LogP contribution in [0.1, 0.15) is 22.0 Å². The van der Waals surface area contributed by atoms with Crippen LogP contribution in [0, 0.1) is 0 Å². The Morgan fingerprint density at radius 3 is 2.06 bits per heavy atom. The molecule has 6 heteroatoms. The Morgan fingerprint density at radius 1 is 1.24 bits per heavy atom. The molecule has 0 aliphatic carbocycles. The fourth-order valence-electron chi connectivity index (χ4n) is 1.26. The van der Waals surface area contributed by atoms with Crippen molar-refractivity contribution in [1.29, 1.82) is 0 Å². The third-order valence-electron chi connectivity index (χ3n) is 2.19. The molecule has 1 aromatic carbocycles. The number of carbonyl (C=O) groups excluding carboxylic acids is 1. The molecule has 1 aromatic rings. The van der Waals surface area contributed by atoms with E-state index in [1.165, 1.54) is 17.0 Å². The molecule has 0 radical (unpaired) electrons. The maximum Gasteiger partial charge on any atom is 0.418 e. The highest BCUT2D eigenvalue weighted by molar-refractivity contribution is 5.93. The number of aliphatic hydroxyl groups excluding tert-OH is 1. The summed E-state index contributed by atoms with van der Waals surface area (Å²) in [5.41, 5.74) is -0.0130. The molecule has 0 aliphatic heterocycles. The van der Waals surface area contributed by atoms with Gasteiger partial charge >= 0.3 is 6.18 Å². The Bertz CT molecular complexity index is 398. The first kappa shape index (κ1) is 13.5. The number of rotatable bonds is 2. The highest BCUT2D eigenvalue weighted by Crippen LogP contribution is 2.32. The van der Waals surface area contributed by atoms with Crippen LogP contribution < -0.4 is 0 Å². The molecule has 0 saturated carbocycles. The van der Waals surface area contributed by atoms with Gasteiger partial charge < -0.3 is 10.0 Å². The van der Waals surface area contributed by atoms with Gasteiger partial charge in [0.1, 0.15) is 0 Å². The van der Waals surface area contributed by atoms with Crippen LogP contribution in [0.25, 0.3) is 0 Å². The van der Waals surface area contributed by atoms with E-state index in [2.05, 4.69) is 0 Å². The van der Waals surface area contributed by atoms with Crippen molar-refractivity contribution < 1.29 is 23.1 Å². The third kappa shape index (κ3) is 3.20. The number of nitrogens with zero attached hydrogens (tertiary/aromatic N) is 1. The minimum Gasteiger partial charge on any atom is -0.379 e. The number of hydrogen-bond acceptors (Lipinski definition) is 2. The predicted molar refractivity (Wildman–Crippen MR) is 55.5 cm³/mol. The molecule has 1 N–H and O–H groups in total. The van der Waals surface area contributed by atoms with Gasteiger partial charge in [0.2, 0.25) is 0 Å². The lowest BCUT2D eigenvalue weighted by atomic mass is 10.1. The zero-order valence-electron chi connectivity index (χ0n) is 9.32. The van der Waals surface area contributed by atoms with E-state index in [1.807, 2.05) is 0 Å². The molecule has 0 spiro atoms. The summed E-state index contributed by atoms with van der Waals surface area (Å²) < 4.78 is 36.6. The number of halogens is 3. The number of carbonyl (C=O) groups is 1. The van der Waals surface area contributed by atoms with Crippen LogP contribution >= 0.6 is 0 Å². The van der Waals surface area contributed by atoms with Crippen molar-refractivity contribution in [2.45, 2.75) is 12.3 Å². The zero-order chi connectivity index (χ0) is 13.2. The monoisotopic (exact) mass is 247 g/mol. The molecule has 0 aromatic heterocycles. The Morgan fingerprint density at radius 2 is 1.71 bits per heavy atom. The summed E-state index contributed by atoms with van der Waals surface area (Å²) in [6.07, 6.45) is -7.22. The molecule has 1 atom stereocenters. The maximum absolute atomic E-state index is 12.2. The summed E-state index contributed by atoms with van der Waals surface area (Å²) >= 11 is 0. The molecule has 0 fully saturated rings. The minimum atomic E-state index is -4.70. The van der Waals surface area contributed by atoms with E-state index in [0.717, 1.165) is 12.1 Å². The number of aliphatic hydroxyl groups is 1. The molecule has 1 amide bonds. The van der Waals surface area contributed by atoms with Crippen molar-refractivity contribution in [3.05, 3.63) is 35.4 Å². The Hall–Kier alpha value is -1.56. The molecule has 0 heterocycles. The van der Waals surface area contributed by atoms with Crippen molar-refractivity contribution in [1.82, 2.24) is 4.90 Å².